The van der Waals surface area contributed by atoms with Gasteiger partial charge in [-0.15, -0.1) is 6.58 Å². The Balaban J connectivity index is 0.00000103. The minimum absolute atomic E-state index is 0.0754. The number of hydrogen-bond acceptors (Lipinski definition) is 4. The van der Waals surface area contributed by atoms with Crippen LogP contribution < -0.4 is 9.47 Å². The molecule has 0 heterocycles. The van der Waals surface area contributed by atoms with Gasteiger partial charge in [0.1, 0.15) is 28.7 Å². The summed E-state index contributed by atoms with van der Waals surface area (Å²) in [5.41, 5.74) is -0.813. The lowest BCUT2D eigenvalue weighted by atomic mass is 9.75. The van der Waals surface area contributed by atoms with Gasteiger partial charge in [-0.1, -0.05) is 57.2 Å². The highest BCUT2D eigenvalue weighted by Crippen LogP contribution is 2.47. The molecule has 1 unspecified atom stereocenters. The van der Waals surface area contributed by atoms with Crippen molar-refractivity contribution in [1.82, 2.24) is 0 Å². The van der Waals surface area contributed by atoms with Gasteiger partial charge in [0.15, 0.2) is 0 Å². The monoisotopic (exact) mass is 553 g/mol. The van der Waals surface area contributed by atoms with Crippen LogP contribution >= 0.6 is 0 Å². The van der Waals surface area contributed by atoms with E-state index in [2.05, 4.69) is 17.4 Å². The molecule has 40 heavy (non-hydrogen) atoms. The van der Waals surface area contributed by atoms with Crippen LogP contribution in [0.1, 0.15) is 63.8 Å². The molecule has 0 fully saturated rings. The first kappa shape index (κ1) is 32.5. The molecule has 0 N–H and O–H groups in total. The standard InChI is InChI=1S/C29H30F3NO2.C4H8O/c1-19(2)34-24-12-7-21(8-13-24)28(6,29(30,31)32)22-9-14-25(15-10-22)35-26-16-11-23(27(3,4)5)17-20(26)18-33;1-3-4-5-2/h7-17,19H,1-6H3;3H,1,4H2,2H3. The van der Waals surface area contributed by atoms with E-state index in [9.17, 15) is 18.4 Å². The van der Waals surface area contributed by atoms with Gasteiger partial charge < -0.3 is 14.2 Å². The third-order valence-corrected chi connectivity index (χ3v) is 6.28. The van der Waals surface area contributed by atoms with Crippen molar-refractivity contribution in [3.05, 3.63) is 102 Å². The van der Waals surface area contributed by atoms with E-state index in [0.29, 0.717) is 29.4 Å². The number of alkyl halides is 3. The lowest BCUT2D eigenvalue weighted by Gasteiger charge is -2.33. The van der Waals surface area contributed by atoms with Gasteiger partial charge in [0.2, 0.25) is 0 Å². The fraction of sp³-hybridized carbons (Fsp3) is 0.364. The van der Waals surface area contributed by atoms with Crippen molar-refractivity contribution in [3.63, 3.8) is 0 Å². The number of rotatable bonds is 8. The number of nitrogens with zero attached hydrogens (tertiary/aromatic N) is 1. The molecule has 0 bridgehead atoms. The number of methoxy groups -OCH3 is 1. The number of hydrogen-bond donors (Lipinski definition) is 0. The van der Waals surface area contributed by atoms with E-state index in [1.54, 1.807) is 37.5 Å². The van der Waals surface area contributed by atoms with E-state index >= 15 is 0 Å². The smallest absolute Gasteiger partial charge is 0.402 e. The van der Waals surface area contributed by atoms with Crippen LogP contribution in [-0.2, 0) is 15.6 Å². The summed E-state index contributed by atoms with van der Waals surface area (Å²) in [6.07, 6.45) is -2.90. The van der Waals surface area contributed by atoms with Crippen molar-refractivity contribution in [2.45, 2.75) is 64.7 Å². The molecule has 0 saturated heterocycles. The highest BCUT2D eigenvalue weighted by atomic mass is 19.4. The quantitative estimate of drug-likeness (QED) is 0.261. The van der Waals surface area contributed by atoms with E-state index in [0.717, 1.165) is 5.56 Å². The van der Waals surface area contributed by atoms with Crippen LogP contribution in [0, 0.1) is 11.3 Å². The molecule has 0 aliphatic rings. The molecule has 3 aromatic carbocycles. The zero-order valence-corrected chi connectivity index (χ0v) is 24.2. The average molecular weight is 554 g/mol. The summed E-state index contributed by atoms with van der Waals surface area (Å²) in [7, 11) is 1.64. The fourth-order valence-electron chi connectivity index (χ4n) is 3.91. The van der Waals surface area contributed by atoms with Gasteiger partial charge in [-0.25, -0.2) is 0 Å². The highest BCUT2D eigenvalue weighted by Gasteiger charge is 2.53. The summed E-state index contributed by atoms with van der Waals surface area (Å²) in [5, 5.41) is 9.56. The van der Waals surface area contributed by atoms with Gasteiger partial charge >= 0.3 is 6.18 Å². The van der Waals surface area contributed by atoms with Crippen LogP contribution in [0.15, 0.2) is 79.4 Å². The summed E-state index contributed by atoms with van der Waals surface area (Å²) in [6, 6.07) is 19.3. The Bertz CT molecular complexity index is 1280. The lowest BCUT2D eigenvalue weighted by molar-refractivity contribution is -0.173. The van der Waals surface area contributed by atoms with E-state index in [1.165, 1.54) is 43.3 Å². The minimum Gasteiger partial charge on any atom is -0.491 e. The van der Waals surface area contributed by atoms with Crippen molar-refractivity contribution >= 4 is 0 Å². The van der Waals surface area contributed by atoms with Crippen LogP contribution in [0.25, 0.3) is 0 Å². The predicted octanol–water partition coefficient (Wildman–Crippen LogP) is 9.12. The van der Waals surface area contributed by atoms with Gasteiger partial charge in [-0.2, -0.15) is 18.4 Å². The van der Waals surface area contributed by atoms with Gasteiger partial charge in [0.05, 0.1) is 18.3 Å². The molecular formula is C33H38F3NO3. The van der Waals surface area contributed by atoms with Gasteiger partial charge in [-0.05, 0) is 79.3 Å². The van der Waals surface area contributed by atoms with Crippen molar-refractivity contribution in [1.29, 1.82) is 5.26 Å². The van der Waals surface area contributed by atoms with Crippen LogP contribution in [-0.4, -0.2) is 26.0 Å². The maximum atomic E-state index is 14.4. The molecule has 7 heteroatoms. The van der Waals surface area contributed by atoms with E-state index < -0.39 is 11.6 Å². The summed E-state index contributed by atoms with van der Waals surface area (Å²) < 4.78 is 59.1. The zero-order valence-electron chi connectivity index (χ0n) is 24.2. The second kappa shape index (κ2) is 13.5. The fourth-order valence-corrected chi connectivity index (χ4v) is 3.91. The molecule has 3 rings (SSSR count). The van der Waals surface area contributed by atoms with Crippen LogP contribution in [0.4, 0.5) is 13.2 Å². The van der Waals surface area contributed by atoms with Crippen LogP contribution in [0.2, 0.25) is 0 Å². The van der Waals surface area contributed by atoms with Crippen molar-refractivity contribution in [3.8, 4) is 23.3 Å². The molecule has 0 spiro atoms. The summed E-state index contributed by atoms with van der Waals surface area (Å²) in [6.45, 7) is 15.1. The predicted molar refractivity (Wildman–Crippen MR) is 153 cm³/mol. The number of halogens is 3. The molecule has 0 amide bonds. The summed E-state index contributed by atoms with van der Waals surface area (Å²) in [5.74, 6) is 1.22. The molecule has 4 nitrogen and oxygen atoms in total. The van der Waals surface area contributed by atoms with Gasteiger partial charge in [0.25, 0.3) is 0 Å². The van der Waals surface area contributed by atoms with Crippen molar-refractivity contribution in [2.24, 2.45) is 0 Å². The van der Waals surface area contributed by atoms with Gasteiger partial charge in [0, 0.05) is 7.11 Å². The molecular weight excluding hydrogens is 515 g/mol. The van der Waals surface area contributed by atoms with E-state index in [1.807, 2.05) is 40.7 Å². The number of benzene rings is 3. The Morgan fingerprint density at radius 2 is 1.35 bits per heavy atom. The molecule has 0 aromatic heterocycles. The van der Waals surface area contributed by atoms with Crippen LogP contribution in [0.3, 0.4) is 0 Å². The maximum Gasteiger partial charge on any atom is 0.402 e. The first-order chi connectivity index (χ1) is 18.7. The Morgan fingerprint density at radius 3 is 1.73 bits per heavy atom. The summed E-state index contributed by atoms with van der Waals surface area (Å²) >= 11 is 0. The Hall–Kier alpha value is -3.76. The molecule has 1 atom stereocenters. The lowest BCUT2D eigenvalue weighted by Crippen LogP contribution is -2.40. The Labute approximate surface area is 236 Å². The Kier molecular flexibility index (Phi) is 11.0. The molecule has 0 radical (unpaired) electrons. The Morgan fingerprint density at radius 1 is 0.850 bits per heavy atom. The van der Waals surface area contributed by atoms with Crippen molar-refractivity contribution in [2.75, 3.05) is 13.7 Å². The molecule has 214 valence electrons. The molecule has 0 aliphatic carbocycles. The minimum atomic E-state index is -4.54. The van der Waals surface area contributed by atoms with E-state index in [-0.39, 0.29) is 22.6 Å². The number of nitriles is 1. The first-order valence-electron chi connectivity index (χ1n) is 12.9. The molecule has 3 aromatic rings. The zero-order chi connectivity index (χ0) is 30.1. The SMILES string of the molecule is C=CCOC.CC(C)Oc1ccc(C(C)(c2ccc(Oc3ccc(C(C)(C)C)cc3C#N)cc2)C(F)(F)F)cc1. The third kappa shape index (κ3) is 8.12. The second-order valence-corrected chi connectivity index (χ2v) is 10.8. The molecule has 0 aliphatic heterocycles. The van der Waals surface area contributed by atoms with E-state index in [4.69, 9.17) is 9.47 Å². The van der Waals surface area contributed by atoms with Crippen LogP contribution in [0.5, 0.6) is 17.2 Å². The second-order valence-electron chi connectivity index (χ2n) is 10.8. The van der Waals surface area contributed by atoms with Gasteiger partial charge in [-0.3, -0.25) is 0 Å². The maximum absolute atomic E-state index is 14.4. The normalized spacial score (nSPS) is 12.9. The first-order valence-corrected chi connectivity index (χ1v) is 12.9. The molecule has 0 saturated carbocycles. The average Bonchev–Trinajstić information content (AvgIpc) is 2.88. The summed E-state index contributed by atoms with van der Waals surface area (Å²) in [4.78, 5) is 0. The highest BCUT2D eigenvalue weighted by molar-refractivity contribution is 5.50. The number of ether oxygens (including phenoxy) is 3. The third-order valence-electron chi connectivity index (χ3n) is 6.28. The topological polar surface area (TPSA) is 51.5 Å². The van der Waals surface area contributed by atoms with Crippen molar-refractivity contribution < 1.29 is 27.4 Å². The largest absolute Gasteiger partial charge is 0.491 e.